The van der Waals surface area contributed by atoms with Crippen molar-refractivity contribution in [1.82, 2.24) is 0 Å². The third kappa shape index (κ3) is 3.14. The van der Waals surface area contributed by atoms with Crippen molar-refractivity contribution in [3.05, 3.63) is 84.6 Å². The summed E-state index contributed by atoms with van der Waals surface area (Å²) in [5, 5.41) is 0. The third-order valence-corrected chi connectivity index (χ3v) is 2.95. The second-order valence-electron chi connectivity index (χ2n) is 4.50. The van der Waals surface area contributed by atoms with Crippen molar-refractivity contribution in [3.8, 4) is 0 Å². The summed E-state index contributed by atoms with van der Waals surface area (Å²) in [5.41, 5.74) is 4.46. The van der Waals surface area contributed by atoms with Crippen molar-refractivity contribution in [2.75, 3.05) is 4.90 Å². The summed E-state index contributed by atoms with van der Waals surface area (Å²) in [4.78, 5) is 2.15. The number of nitrogens with zero attached hydrogens (tertiary/aromatic N) is 1. The monoisotopic (exact) mass is 249 g/mol. The molecule has 0 bridgehead atoms. The number of hydrogen-bond donors (Lipinski definition) is 0. The van der Waals surface area contributed by atoms with E-state index in [9.17, 15) is 0 Å². The molecule has 1 heteroatoms. The molecule has 1 nitrogen and oxygen atoms in total. The van der Waals surface area contributed by atoms with Gasteiger partial charge in [-0.05, 0) is 44.2 Å². The Labute approximate surface area is 115 Å². The molecule has 0 aromatic heterocycles. The summed E-state index contributed by atoms with van der Waals surface area (Å²) in [6, 6.07) is 18.8. The van der Waals surface area contributed by atoms with E-state index in [2.05, 4.69) is 54.8 Å². The van der Waals surface area contributed by atoms with Crippen molar-refractivity contribution in [1.29, 1.82) is 0 Å². The van der Waals surface area contributed by atoms with E-state index in [1.54, 1.807) is 0 Å². The second kappa shape index (κ2) is 6.05. The van der Waals surface area contributed by atoms with Crippen LogP contribution in [0.25, 0.3) is 0 Å². The highest BCUT2D eigenvalue weighted by atomic mass is 15.1. The van der Waals surface area contributed by atoms with Crippen LogP contribution in [0.1, 0.15) is 12.5 Å². The number of hydrogen-bond acceptors (Lipinski definition) is 1. The van der Waals surface area contributed by atoms with Gasteiger partial charge in [0.25, 0.3) is 0 Å². The molecule has 0 fully saturated rings. The molecule has 0 aliphatic heterocycles. The fourth-order valence-corrected chi connectivity index (χ4v) is 2.02. The van der Waals surface area contributed by atoms with Gasteiger partial charge in [0.05, 0.1) is 0 Å². The van der Waals surface area contributed by atoms with Gasteiger partial charge in [0.1, 0.15) is 0 Å². The van der Waals surface area contributed by atoms with E-state index in [0.717, 1.165) is 17.1 Å². The SMILES string of the molecule is C=C(/C=C\C)N(c1ccccc1)c1ccc(C)cc1. The Bertz CT molecular complexity index is 564. The third-order valence-electron chi connectivity index (χ3n) is 2.95. The van der Waals surface area contributed by atoms with E-state index in [4.69, 9.17) is 0 Å². The normalized spacial score (nSPS) is 10.6. The lowest BCUT2D eigenvalue weighted by Gasteiger charge is -2.25. The first-order valence-corrected chi connectivity index (χ1v) is 6.46. The highest BCUT2D eigenvalue weighted by molar-refractivity contribution is 5.69. The Hall–Kier alpha value is -2.28. The van der Waals surface area contributed by atoms with Gasteiger partial charge < -0.3 is 4.90 Å². The molecule has 2 aromatic rings. The lowest BCUT2D eigenvalue weighted by Crippen LogP contribution is -2.14. The molecule has 0 aliphatic rings. The van der Waals surface area contributed by atoms with Gasteiger partial charge in [0.15, 0.2) is 0 Å². The zero-order valence-corrected chi connectivity index (χ0v) is 11.5. The van der Waals surface area contributed by atoms with E-state index in [1.165, 1.54) is 5.56 Å². The molecule has 96 valence electrons. The van der Waals surface area contributed by atoms with Crippen LogP contribution in [-0.4, -0.2) is 0 Å². The lowest BCUT2D eigenvalue weighted by atomic mass is 10.1. The van der Waals surface area contributed by atoms with Gasteiger partial charge in [0.2, 0.25) is 0 Å². The molecule has 0 spiro atoms. The molecular formula is C18H19N. The second-order valence-corrected chi connectivity index (χ2v) is 4.50. The molecule has 0 unspecified atom stereocenters. The Morgan fingerprint density at radius 1 is 0.947 bits per heavy atom. The average Bonchev–Trinajstić information content (AvgIpc) is 2.43. The minimum atomic E-state index is 0.956. The highest BCUT2D eigenvalue weighted by Gasteiger charge is 2.10. The number of anilines is 2. The molecule has 0 saturated heterocycles. The molecule has 19 heavy (non-hydrogen) atoms. The van der Waals surface area contributed by atoms with Gasteiger partial charge in [-0.25, -0.2) is 0 Å². The van der Waals surface area contributed by atoms with Crippen molar-refractivity contribution in [2.24, 2.45) is 0 Å². The number of para-hydroxylation sites is 1. The summed E-state index contributed by atoms with van der Waals surface area (Å²) in [6.45, 7) is 8.26. The molecule has 0 saturated carbocycles. The van der Waals surface area contributed by atoms with Crippen LogP contribution in [0, 0.1) is 6.92 Å². The minimum absolute atomic E-state index is 0.956. The first-order chi connectivity index (χ1) is 9.22. The van der Waals surface area contributed by atoms with E-state index in [-0.39, 0.29) is 0 Å². The van der Waals surface area contributed by atoms with E-state index in [0.29, 0.717) is 0 Å². The van der Waals surface area contributed by atoms with Crippen LogP contribution in [0.2, 0.25) is 0 Å². The minimum Gasteiger partial charge on any atom is -0.311 e. The van der Waals surface area contributed by atoms with Crippen LogP contribution in [0.5, 0.6) is 0 Å². The van der Waals surface area contributed by atoms with Gasteiger partial charge in [-0.1, -0.05) is 48.6 Å². The average molecular weight is 249 g/mol. The van der Waals surface area contributed by atoms with Crippen LogP contribution in [0.15, 0.2) is 79.0 Å². The first kappa shape index (κ1) is 13.2. The number of rotatable bonds is 4. The number of allylic oxidation sites excluding steroid dienone is 2. The Morgan fingerprint density at radius 3 is 2.11 bits per heavy atom. The first-order valence-electron chi connectivity index (χ1n) is 6.46. The Morgan fingerprint density at radius 2 is 1.53 bits per heavy atom. The van der Waals surface area contributed by atoms with Crippen molar-refractivity contribution >= 4 is 11.4 Å². The highest BCUT2D eigenvalue weighted by Crippen LogP contribution is 2.29. The zero-order chi connectivity index (χ0) is 13.7. The molecular weight excluding hydrogens is 230 g/mol. The summed E-state index contributed by atoms with van der Waals surface area (Å²) < 4.78 is 0. The maximum Gasteiger partial charge on any atom is 0.0461 e. The largest absolute Gasteiger partial charge is 0.311 e. The lowest BCUT2D eigenvalue weighted by molar-refractivity contribution is 1.21. The van der Waals surface area contributed by atoms with E-state index in [1.807, 2.05) is 37.3 Å². The molecule has 0 atom stereocenters. The van der Waals surface area contributed by atoms with E-state index < -0.39 is 0 Å². The van der Waals surface area contributed by atoms with Gasteiger partial charge in [0, 0.05) is 17.1 Å². The number of benzene rings is 2. The van der Waals surface area contributed by atoms with Crippen LogP contribution in [0.3, 0.4) is 0 Å². The van der Waals surface area contributed by atoms with Gasteiger partial charge in [-0.15, -0.1) is 0 Å². The van der Waals surface area contributed by atoms with Gasteiger partial charge in [-0.3, -0.25) is 0 Å². The molecule has 0 aliphatic carbocycles. The fraction of sp³-hybridized carbons (Fsp3) is 0.111. The van der Waals surface area contributed by atoms with Gasteiger partial charge in [-0.2, -0.15) is 0 Å². The zero-order valence-electron chi connectivity index (χ0n) is 11.5. The Balaban J connectivity index is 2.45. The summed E-state index contributed by atoms with van der Waals surface area (Å²) in [6.07, 6.45) is 4.03. The predicted octanol–water partition coefficient (Wildman–Crippen LogP) is 5.22. The quantitative estimate of drug-likeness (QED) is 0.671. The Kier molecular flexibility index (Phi) is 4.19. The summed E-state index contributed by atoms with van der Waals surface area (Å²) in [7, 11) is 0. The van der Waals surface area contributed by atoms with Crippen molar-refractivity contribution in [3.63, 3.8) is 0 Å². The van der Waals surface area contributed by atoms with Crippen molar-refractivity contribution < 1.29 is 0 Å². The van der Waals surface area contributed by atoms with Crippen LogP contribution >= 0.6 is 0 Å². The molecule has 0 heterocycles. The standard InChI is InChI=1S/C18H19N/c1-4-8-16(3)19(17-9-6-5-7-10-17)18-13-11-15(2)12-14-18/h4-14H,3H2,1-2H3/b8-4-. The predicted molar refractivity (Wildman–Crippen MR) is 83.7 cm³/mol. The maximum absolute atomic E-state index is 4.16. The van der Waals surface area contributed by atoms with Gasteiger partial charge >= 0.3 is 0 Å². The van der Waals surface area contributed by atoms with Crippen molar-refractivity contribution in [2.45, 2.75) is 13.8 Å². The van der Waals surface area contributed by atoms with Crippen LogP contribution in [0.4, 0.5) is 11.4 Å². The molecule has 0 radical (unpaired) electrons. The molecule has 2 rings (SSSR count). The molecule has 0 amide bonds. The van der Waals surface area contributed by atoms with Crippen LogP contribution in [-0.2, 0) is 0 Å². The van der Waals surface area contributed by atoms with Crippen LogP contribution < -0.4 is 4.90 Å². The molecule has 2 aromatic carbocycles. The summed E-state index contributed by atoms with van der Waals surface area (Å²) in [5.74, 6) is 0. The topological polar surface area (TPSA) is 3.24 Å². The summed E-state index contributed by atoms with van der Waals surface area (Å²) >= 11 is 0. The number of aryl methyl sites for hydroxylation is 1. The fourth-order valence-electron chi connectivity index (χ4n) is 2.02. The maximum atomic E-state index is 4.16. The molecule has 0 N–H and O–H groups in total. The smallest absolute Gasteiger partial charge is 0.0461 e. The van der Waals surface area contributed by atoms with E-state index >= 15 is 0 Å².